The summed E-state index contributed by atoms with van der Waals surface area (Å²) in [5.41, 5.74) is 0. The smallest absolute Gasteiger partial charge is 0.498 e. The molecule has 5 heteroatoms. The number of benzene rings is 1. The first-order valence-electron chi connectivity index (χ1n) is 3.07. The molecule has 0 saturated heterocycles. The maximum atomic E-state index is 8.91. The molecule has 1 aromatic rings. The molecule has 0 spiro atoms. The van der Waals surface area contributed by atoms with Crippen LogP contribution in [-0.2, 0) is 0 Å². The number of para-hydroxylation sites is 1. The molecular formula is C6H4BBrO3. The molecule has 0 unspecified atom stereocenters. The average Bonchev–Trinajstić information content (AvgIpc) is 2.31. The van der Waals surface area contributed by atoms with E-state index in [0.717, 1.165) is 4.47 Å². The Kier molecular flexibility index (Phi) is 1.54. The lowest BCUT2D eigenvalue weighted by atomic mass is 10.3. The molecule has 1 heterocycles. The molecule has 1 N–H and O–H groups in total. The van der Waals surface area contributed by atoms with Crippen LogP contribution in [0.25, 0.3) is 0 Å². The van der Waals surface area contributed by atoms with Crippen molar-refractivity contribution in [1.29, 1.82) is 0 Å². The van der Waals surface area contributed by atoms with Gasteiger partial charge in [0.15, 0.2) is 5.75 Å². The Balaban J connectivity index is 2.49. The zero-order valence-electron chi connectivity index (χ0n) is 5.45. The Labute approximate surface area is 72.2 Å². The Morgan fingerprint density at radius 3 is 2.91 bits per heavy atom. The highest BCUT2D eigenvalue weighted by Gasteiger charge is 2.32. The summed E-state index contributed by atoms with van der Waals surface area (Å²) in [7, 11) is -1.16. The third-order valence-electron chi connectivity index (χ3n) is 1.38. The van der Waals surface area contributed by atoms with Crippen LogP contribution in [0, 0.1) is 0 Å². The molecule has 0 fully saturated rings. The number of halogens is 1. The molecule has 11 heavy (non-hydrogen) atoms. The summed E-state index contributed by atoms with van der Waals surface area (Å²) in [5.74, 6) is 1.12. The Morgan fingerprint density at radius 1 is 1.36 bits per heavy atom. The van der Waals surface area contributed by atoms with Gasteiger partial charge in [0.2, 0.25) is 0 Å². The van der Waals surface area contributed by atoms with Gasteiger partial charge >= 0.3 is 7.32 Å². The van der Waals surface area contributed by atoms with E-state index >= 15 is 0 Å². The van der Waals surface area contributed by atoms with Crippen LogP contribution in [0.15, 0.2) is 22.7 Å². The second-order valence-electron chi connectivity index (χ2n) is 2.11. The summed E-state index contributed by atoms with van der Waals surface area (Å²) in [4.78, 5) is 0. The summed E-state index contributed by atoms with van der Waals surface area (Å²) in [6.07, 6.45) is 0. The maximum absolute atomic E-state index is 8.91. The number of fused-ring (bicyclic) bond motifs is 1. The predicted molar refractivity (Wildman–Crippen MR) is 43.4 cm³/mol. The van der Waals surface area contributed by atoms with Crippen molar-refractivity contribution < 1.29 is 14.3 Å². The van der Waals surface area contributed by atoms with Crippen molar-refractivity contribution in [2.75, 3.05) is 0 Å². The van der Waals surface area contributed by atoms with Crippen LogP contribution in [0.1, 0.15) is 0 Å². The fraction of sp³-hybridized carbons (Fsp3) is 0. The molecule has 0 amide bonds. The van der Waals surface area contributed by atoms with Crippen molar-refractivity contribution in [3.8, 4) is 11.5 Å². The lowest BCUT2D eigenvalue weighted by Crippen LogP contribution is -2.23. The summed E-state index contributed by atoms with van der Waals surface area (Å²) >= 11 is 3.26. The van der Waals surface area contributed by atoms with Crippen LogP contribution in [0.4, 0.5) is 0 Å². The summed E-state index contributed by atoms with van der Waals surface area (Å²) < 4.78 is 10.6. The van der Waals surface area contributed by atoms with Crippen LogP contribution in [0.3, 0.4) is 0 Å². The van der Waals surface area contributed by atoms with Crippen LogP contribution in [0.2, 0.25) is 0 Å². The second kappa shape index (κ2) is 2.42. The zero-order chi connectivity index (χ0) is 7.84. The van der Waals surface area contributed by atoms with Crippen molar-refractivity contribution in [3.63, 3.8) is 0 Å². The molecule has 0 saturated carbocycles. The number of hydrogen-bond donors (Lipinski definition) is 1. The van der Waals surface area contributed by atoms with Gasteiger partial charge in [-0.25, -0.2) is 0 Å². The Morgan fingerprint density at radius 2 is 2.18 bits per heavy atom. The van der Waals surface area contributed by atoms with Crippen molar-refractivity contribution in [3.05, 3.63) is 22.7 Å². The van der Waals surface area contributed by atoms with E-state index in [0.29, 0.717) is 11.5 Å². The fourth-order valence-electron chi connectivity index (χ4n) is 0.930. The van der Waals surface area contributed by atoms with E-state index in [9.17, 15) is 0 Å². The topological polar surface area (TPSA) is 38.7 Å². The highest BCUT2D eigenvalue weighted by Crippen LogP contribution is 2.38. The van der Waals surface area contributed by atoms with E-state index in [1.165, 1.54) is 0 Å². The minimum Gasteiger partial charge on any atom is -0.498 e. The van der Waals surface area contributed by atoms with E-state index in [2.05, 4.69) is 15.9 Å². The molecule has 3 nitrogen and oxygen atoms in total. The molecule has 56 valence electrons. The monoisotopic (exact) mass is 214 g/mol. The van der Waals surface area contributed by atoms with Crippen LogP contribution in [-0.4, -0.2) is 12.3 Å². The molecular weight excluding hydrogens is 211 g/mol. The quantitative estimate of drug-likeness (QED) is 0.660. The average molecular weight is 215 g/mol. The lowest BCUT2D eigenvalue weighted by molar-refractivity contribution is 0.341. The number of rotatable bonds is 0. The highest BCUT2D eigenvalue weighted by molar-refractivity contribution is 9.10. The standard InChI is InChI=1S/C6H4BBrO3/c8-4-2-1-3-5-6(4)11-7(9)10-5/h1-3,9H. The van der Waals surface area contributed by atoms with Crippen molar-refractivity contribution in [2.45, 2.75) is 0 Å². The first kappa shape index (κ1) is 7.00. The molecule has 1 aliphatic rings. The van der Waals surface area contributed by atoms with Gasteiger partial charge in [-0.15, -0.1) is 0 Å². The lowest BCUT2D eigenvalue weighted by Gasteiger charge is -1.97. The van der Waals surface area contributed by atoms with Crippen LogP contribution >= 0.6 is 15.9 Å². The van der Waals surface area contributed by atoms with Gasteiger partial charge in [0.25, 0.3) is 0 Å². The molecule has 2 rings (SSSR count). The Bertz CT molecular complexity index is 291. The number of hydrogen-bond acceptors (Lipinski definition) is 3. The minimum absolute atomic E-state index is 0.556. The van der Waals surface area contributed by atoms with E-state index in [4.69, 9.17) is 14.3 Å². The normalized spacial score (nSPS) is 13.8. The predicted octanol–water partition coefficient (Wildman–Crippen LogP) is 1.20. The SMILES string of the molecule is OB1Oc2cccc(Br)c2O1. The molecule has 0 aliphatic carbocycles. The summed E-state index contributed by atoms with van der Waals surface area (Å²) in [6, 6.07) is 5.36. The zero-order valence-corrected chi connectivity index (χ0v) is 7.04. The largest absolute Gasteiger partial charge is 0.785 e. The van der Waals surface area contributed by atoms with Gasteiger partial charge in [0.05, 0.1) is 4.47 Å². The van der Waals surface area contributed by atoms with Gasteiger partial charge < -0.3 is 14.3 Å². The molecule has 1 aromatic carbocycles. The van der Waals surface area contributed by atoms with Crippen molar-refractivity contribution in [2.24, 2.45) is 0 Å². The molecule has 1 aliphatic heterocycles. The third-order valence-corrected chi connectivity index (χ3v) is 2.00. The first-order chi connectivity index (χ1) is 5.27. The van der Waals surface area contributed by atoms with Crippen LogP contribution in [0.5, 0.6) is 11.5 Å². The van der Waals surface area contributed by atoms with Gasteiger partial charge in [0.1, 0.15) is 5.75 Å². The molecule has 0 bridgehead atoms. The molecule has 0 atom stereocenters. The van der Waals surface area contributed by atoms with Gasteiger partial charge in [-0.05, 0) is 28.1 Å². The van der Waals surface area contributed by atoms with E-state index in [-0.39, 0.29) is 0 Å². The summed E-state index contributed by atoms with van der Waals surface area (Å²) in [6.45, 7) is 0. The van der Waals surface area contributed by atoms with Crippen molar-refractivity contribution in [1.82, 2.24) is 0 Å². The fourth-order valence-corrected chi connectivity index (χ4v) is 1.37. The van der Waals surface area contributed by atoms with Gasteiger partial charge in [-0.1, -0.05) is 6.07 Å². The molecule has 0 aromatic heterocycles. The molecule has 0 radical (unpaired) electrons. The maximum Gasteiger partial charge on any atom is 0.785 e. The Hall–Kier alpha value is -0.675. The van der Waals surface area contributed by atoms with E-state index in [1.54, 1.807) is 6.07 Å². The highest BCUT2D eigenvalue weighted by atomic mass is 79.9. The first-order valence-corrected chi connectivity index (χ1v) is 3.86. The van der Waals surface area contributed by atoms with E-state index in [1.807, 2.05) is 12.1 Å². The van der Waals surface area contributed by atoms with Crippen molar-refractivity contribution >= 4 is 23.3 Å². The summed E-state index contributed by atoms with van der Waals surface area (Å²) in [5, 5.41) is 8.91. The second-order valence-corrected chi connectivity index (χ2v) is 2.96. The third kappa shape index (κ3) is 1.10. The van der Waals surface area contributed by atoms with E-state index < -0.39 is 7.32 Å². The van der Waals surface area contributed by atoms with Gasteiger partial charge in [-0.3, -0.25) is 0 Å². The van der Waals surface area contributed by atoms with Crippen LogP contribution < -0.4 is 9.31 Å². The van der Waals surface area contributed by atoms with Gasteiger partial charge in [-0.2, -0.15) is 0 Å². The minimum atomic E-state index is -1.16. The van der Waals surface area contributed by atoms with Gasteiger partial charge in [0, 0.05) is 0 Å².